The largest absolute Gasteiger partial charge is 0.480 e. The van der Waals surface area contributed by atoms with Gasteiger partial charge in [0.2, 0.25) is 0 Å². The van der Waals surface area contributed by atoms with E-state index in [4.69, 9.17) is 4.74 Å². The van der Waals surface area contributed by atoms with Crippen LogP contribution in [-0.2, 0) is 9.53 Å². The minimum Gasteiger partial charge on any atom is -0.480 e. The lowest BCUT2D eigenvalue weighted by molar-refractivity contribution is -0.145. The van der Waals surface area contributed by atoms with E-state index < -0.39 is 12.0 Å². The molecule has 0 bridgehead atoms. The van der Waals surface area contributed by atoms with Gasteiger partial charge in [0.1, 0.15) is 6.04 Å². The second kappa shape index (κ2) is 6.43. The third-order valence-corrected chi connectivity index (χ3v) is 4.20. The van der Waals surface area contributed by atoms with Crippen LogP contribution in [0, 0.1) is 5.92 Å². The van der Waals surface area contributed by atoms with Gasteiger partial charge in [-0.3, -0.25) is 0 Å². The van der Waals surface area contributed by atoms with Crippen molar-refractivity contribution in [3.63, 3.8) is 0 Å². The summed E-state index contributed by atoms with van der Waals surface area (Å²) in [6.45, 7) is 3.48. The molecule has 0 aromatic rings. The molecule has 2 unspecified atom stereocenters. The Bertz CT molecular complexity index is 370. The average molecular weight is 284 g/mol. The Morgan fingerprint density at radius 2 is 2.05 bits per heavy atom. The number of methoxy groups -OCH3 is 1. The number of piperidine rings is 1. The molecule has 20 heavy (non-hydrogen) atoms. The maximum absolute atomic E-state index is 12.7. The van der Waals surface area contributed by atoms with Crippen LogP contribution in [0.4, 0.5) is 4.79 Å². The highest BCUT2D eigenvalue weighted by Crippen LogP contribution is 2.30. The zero-order valence-electron chi connectivity index (χ0n) is 12.2. The second-order valence-electron chi connectivity index (χ2n) is 5.80. The fourth-order valence-corrected chi connectivity index (χ4v) is 2.95. The fourth-order valence-electron chi connectivity index (χ4n) is 2.95. The van der Waals surface area contributed by atoms with Gasteiger partial charge >= 0.3 is 12.0 Å². The standard InChI is InChI=1S/C14H24N2O4/c1-10-4-3-7-16(12(10)13(17)18)14(19)15(8-9-20-2)11-5-6-11/h10-12H,3-9H2,1-2H3,(H,17,18). The van der Waals surface area contributed by atoms with Gasteiger partial charge in [-0.25, -0.2) is 9.59 Å². The van der Waals surface area contributed by atoms with E-state index in [0.717, 1.165) is 25.7 Å². The van der Waals surface area contributed by atoms with Crippen LogP contribution < -0.4 is 0 Å². The summed E-state index contributed by atoms with van der Waals surface area (Å²) in [7, 11) is 1.61. The molecule has 2 atom stereocenters. The smallest absolute Gasteiger partial charge is 0.326 e. The van der Waals surface area contributed by atoms with Crippen LogP contribution in [-0.4, -0.2) is 65.8 Å². The van der Waals surface area contributed by atoms with Crippen molar-refractivity contribution in [3.05, 3.63) is 0 Å². The number of urea groups is 1. The molecule has 2 rings (SSSR count). The summed E-state index contributed by atoms with van der Waals surface area (Å²) in [5.41, 5.74) is 0. The minimum atomic E-state index is -0.895. The van der Waals surface area contributed by atoms with Crippen molar-refractivity contribution in [2.24, 2.45) is 5.92 Å². The lowest BCUT2D eigenvalue weighted by atomic mass is 9.91. The Hall–Kier alpha value is -1.30. The number of carbonyl (C=O) groups is 2. The van der Waals surface area contributed by atoms with Crippen LogP contribution in [0.3, 0.4) is 0 Å². The van der Waals surface area contributed by atoms with Crippen LogP contribution in [0.5, 0.6) is 0 Å². The Morgan fingerprint density at radius 3 is 2.60 bits per heavy atom. The van der Waals surface area contributed by atoms with Gasteiger partial charge < -0.3 is 19.6 Å². The average Bonchev–Trinajstić information content (AvgIpc) is 3.22. The Labute approximate surface area is 119 Å². The SMILES string of the molecule is COCCN(C(=O)N1CCCC(C)C1C(=O)O)C1CC1. The van der Waals surface area contributed by atoms with Crippen molar-refractivity contribution in [1.29, 1.82) is 0 Å². The van der Waals surface area contributed by atoms with Crippen molar-refractivity contribution in [2.45, 2.75) is 44.7 Å². The number of likely N-dealkylation sites (tertiary alicyclic amines) is 1. The molecular weight excluding hydrogens is 260 g/mol. The van der Waals surface area contributed by atoms with Crippen molar-refractivity contribution < 1.29 is 19.4 Å². The molecule has 0 aromatic carbocycles. The summed E-state index contributed by atoms with van der Waals surface area (Å²) < 4.78 is 5.05. The predicted molar refractivity (Wildman–Crippen MR) is 73.5 cm³/mol. The first-order valence-electron chi connectivity index (χ1n) is 7.35. The number of rotatable bonds is 5. The molecule has 1 saturated heterocycles. The number of hydrogen-bond donors (Lipinski definition) is 1. The molecule has 0 radical (unpaired) electrons. The van der Waals surface area contributed by atoms with E-state index in [1.54, 1.807) is 16.9 Å². The zero-order valence-corrected chi connectivity index (χ0v) is 12.2. The number of nitrogens with zero attached hydrogens (tertiary/aromatic N) is 2. The van der Waals surface area contributed by atoms with E-state index >= 15 is 0 Å². The molecule has 1 heterocycles. The maximum atomic E-state index is 12.7. The Balaban J connectivity index is 2.09. The summed E-state index contributed by atoms with van der Waals surface area (Å²) >= 11 is 0. The normalized spacial score (nSPS) is 26.4. The third kappa shape index (κ3) is 3.23. The molecule has 0 spiro atoms. The Kier molecular flexibility index (Phi) is 4.86. The molecule has 6 nitrogen and oxygen atoms in total. The summed E-state index contributed by atoms with van der Waals surface area (Å²) in [6.07, 6.45) is 3.76. The summed E-state index contributed by atoms with van der Waals surface area (Å²) in [5, 5.41) is 9.40. The van der Waals surface area contributed by atoms with Crippen LogP contribution in [0.15, 0.2) is 0 Å². The first-order chi connectivity index (χ1) is 9.56. The number of aliphatic carboxylic acids is 1. The maximum Gasteiger partial charge on any atom is 0.326 e. The first kappa shape index (κ1) is 15.1. The monoisotopic (exact) mass is 284 g/mol. The van der Waals surface area contributed by atoms with Crippen LogP contribution >= 0.6 is 0 Å². The van der Waals surface area contributed by atoms with Crippen molar-refractivity contribution in [1.82, 2.24) is 9.80 Å². The summed E-state index contributed by atoms with van der Waals surface area (Å²) in [5.74, 6) is -0.887. The van der Waals surface area contributed by atoms with Gasteiger partial charge in [0, 0.05) is 26.2 Å². The predicted octanol–water partition coefficient (Wildman–Crippen LogP) is 1.40. The molecule has 2 fully saturated rings. The summed E-state index contributed by atoms with van der Waals surface area (Å²) in [4.78, 5) is 27.5. The number of carboxylic acids is 1. The number of amides is 2. The Morgan fingerprint density at radius 1 is 1.35 bits per heavy atom. The zero-order chi connectivity index (χ0) is 14.7. The number of ether oxygens (including phenoxy) is 1. The number of carboxylic acid groups (broad SMARTS) is 1. The topological polar surface area (TPSA) is 70.1 Å². The van der Waals surface area contributed by atoms with Gasteiger partial charge in [0.15, 0.2) is 0 Å². The van der Waals surface area contributed by atoms with Gasteiger partial charge in [0.05, 0.1) is 6.61 Å². The lowest BCUT2D eigenvalue weighted by Gasteiger charge is -2.40. The van der Waals surface area contributed by atoms with Gasteiger partial charge in [-0.15, -0.1) is 0 Å². The molecular formula is C14H24N2O4. The molecule has 1 aliphatic carbocycles. The van der Waals surface area contributed by atoms with E-state index in [0.29, 0.717) is 19.7 Å². The highest BCUT2D eigenvalue weighted by molar-refractivity contribution is 5.83. The molecule has 2 aliphatic rings. The molecule has 114 valence electrons. The number of hydrogen-bond acceptors (Lipinski definition) is 3. The minimum absolute atomic E-state index is 0.00804. The quantitative estimate of drug-likeness (QED) is 0.828. The van der Waals surface area contributed by atoms with E-state index in [9.17, 15) is 14.7 Å². The highest BCUT2D eigenvalue weighted by Gasteiger charge is 2.42. The van der Waals surface area contributed by atoms with Crippen LogP contribution in [0.2, 0.25) is 0 Å². The highest BCUT2D eigenvalue weighted by atomic mass is 16.5. The van der Waals surface area contributed by atoms with E-state index in [1.165, 1.54) is 0 Å². The van der Waals surface area contributed by atoms with E-state index in [2.05, 4.69) is 0 Å². The van der Waals surface area contributed by atoms with Gasteiger partial charge in [-0.05, 0) is 31.6 Å². The first-order valence-corrected chi connectivity index (χ1v) is 7.35. The molecule has 1 saturated carbocycles. The van der Waals surface area contributed by atoms with E-state index in [1.807, 2.05) is 6.92 Å². The van der Waals surface area contributed by atoms with Gasteiger partial charge in [-0.1, -0.05) is 6.92 Å². The molecule has 0 aromatic heterocycles. The fraction of sp³-hybridized carbons (Fsp3) is 0.857. The third-order valence-electron chi connectivity index (χ3n) is 4.20. The molecule has 6 heteroatoms. The van der Waals surface area contributed by atoms with Gasteiger partial charge in [-0.2, -0.15) is 0 Å². The second-order valence-corrected chi connectivity index (χ2v) is 5.80. The summed E-state index contributed by atoms with van der Waals surface area (Å²) in [6, 6.07) is -0.562. The molecule has 2 amide bonds. The lowest BCUT2D eigenvalue weighted by Crippen LogP contribution is -2.56. The number of carbonyl (C=O) groups excluding carboxylic acids is 1. The molecule has 1 aliphatic heterocycles. The molecule has 1 N–H and O–H groups in total. The van der Waals surface area contributed by atoms with Crippen molar-refractivity contribution in [2.75, 3.05) is 26.8 Å². The van der Waals surface area contributed by atoms with Crippen molar-refractivity contribution in [3.8, 4) is 0 Å². The van der Waals surface area contributed by atoms with Gasteiger partial charge in [0.25, 0.3) is 0 Å². The van der Waals surface area contributed by atoms with Crippen LogP contribution in [0.1, 0.15) is 32.6 Å². The van der Waals surface area contributed by atoms with E-state index in [-0.39, 0.29) is 18.0 Å². The van der Waals surface area contributed by atoms with Crippen LogP contribution in [0.25, 0.3) is 0 Å². The van der Waals surface area contributed by atoms with Crippen molar-refractivity contribution >= 4 is 12.0 Å².